The predicted octanol–water partition coefficient (Wildman–Crippen LogP) is 2.08. The van der Waals surface area contributed by atoms with Crippen LogP contribution < -0.4 is 5.32 Å². The molecule has 0 aliphatic heterocycles. The Morgan fingerprint density at radius 3 is 3.12 bits per heavy atom. The molecule has 0 aliphatic rings. The van der Waals surface area contributed by atoms with Crippen LogP contribution in [0.25, 0.3) is 0 Å². The van der Waals surface area contributed by atoms with Gasteiger partial charge in [0.25, 0.3) is 0 Å². The van der Waals surface area contributed by atoms with Gasteiger partial charge < -0.3 is 5.32 Å². The van der Waals surface area contributed by atoms with Gasteiger partial charge in [-0.3, -0.25) is 0 Å². The zero-order valence-electron chi connectivity index (χ0n) is 10.3. The molecule has 17 heavy (non-hydrogen) atoms. The number of nitrogens with zero attached hydrogens (tertiary/aromatic N) is 3. The van der Waals surface area contributed by atoms with E-state index in [-0.39, 0.29) is 0 Å². The summed E-state index contributed by atoms with van der Waals surface area (Å²) in [5, 5.41) is 12.0. The Balaban J connectivity index is 1.82. The molecule has 2 aromatic heterocycles. The minimum Gasteiger partial charge on any atom is -0.307 e. The summed E-state index contributed by atoms with van der Waals surface area (Å²) < 4.78 is 1.92. The lowest BCUT2D eigenvalue weighted by Gasteiger charge is -2.12. The second kappa shape index (κ2) is 5.93. The molecule has 4 nitrogen and oxygen atoms in total. The van der Waals surface area contributed by atoms with Crippen molar-refractivity contribution >= 4 is 11.3 Å². The molecule has 2 rings (SSSR count). The fraction of sp³-hybridized carbons (Fsp3) is 0.500. The number of hydrogen-bond donors (Lipinski definition) is 1. The summed E-state index contributed by atoms with van der Waals surface area (Å²) in [7, 11) is 0. The highest BCUT2D eigenvalue weighted by atomic mass is 32.1. The second-order valence-electron chi connectivity index (χ2n) is 4.11. The highest BCUT2D eigenvalue weighted by molar-refractivity contribution is 7.07. The Kier molecular flexibility index (Phi) is 4.28. The molecule has 1 unspecified atom stereocenters. The van der Waals surface area contributed by atoms with Gasteiger partial charge in [0.05, 0.1) is 6.54 Å². The topological polar surface area (TPSA) is 42.7 Å². The number of thiophene rings is 1. The Morgan fingerprint density at radius 1 is 1.53 bits per heavy atom. The van der Waals surface area contributed by atoms with Gasteiger partial charge in [0.2, 0.25) is 0 Å². The molecule has 2 aromatic rings. The van der Waals surface area contributed by atoms with Crippen molar-refractivity contribution in [2.24, 2.45) is 0 Å². The molecule has 0 saturated carbocycles. The second-order valence-corrected chi connectivity index (χ2v) is 4.89. The molecule has 0 spiro atoms. The molecule has 0 saturated heterocycles. The highest BCUT2D eigenvalue weighted by Crippen LogP contribution is 2.08. The number of hydrogen-bond acceptors (Lipinski definition) is 4. The van der Waals surface area contributed by atoms with Crippen molar-refractivity contribution in [1.29, 1.82) is 0 Å². The molecule has 0 aromatic carbocycles. The van der Waals surface area contributed by atoms with Crippen molar-refractivity contribution in [3.8, 4) is 0 Å². The van der Waals surface area contributed by atoms with Gasteiger partial charge in [0.15, 0.2) is 0 Å². The zero-order chi connectivity index (χ0) is 12.1. The van der Waals surface area contributed by atoms with Crippen LogP contribution in [-0.2, 0) is 19.5 Å². The van der Waals surface area contributed by atoms with E-state index in [9.17, 15) is 0 Å². The van der Waals surface area contributed by atoms with Crippen molar-refractivity contribution in [2.75, 3.05) is 0 Å². The first kappa shape index (κ1) is 12.3. The maximum atomic E-state index is 4.25. The molecule has 92 valence electrons. The van der Waals surface area contributed by atoms with E-state index < -0.39 is 0 Å². The fourth-order valence-electron chi connectivity index (χ4n) is 1.79. The molecule has 0 radical (unpaired) electrons. The molecule has 0 bridgehead atoms. The van der Waals surface area contributed by atoms with Gasteiger partial charge in [-0.15, -0.1) is 0 Å². The molecule has 1 N–H and O–H groups in total. The minimum atomic E-state index is 0.451. The quantitative estimate of drug-likeness (QED) is 0.853. The summed E-state index contributed by atoms with van der Waals surface area (Å²) in [4.78, 5) is 4.25. The average molecular weight is 250 g/mol. The van der Waals surface area contributed by atoms with Gasteiger partial charge in [-0.2, -0.15) is 16.4 Å². The molecule has 0 fully saturated rings. The van der Waals surface area contributed by atoms with Crippen molar-refractivity contribution < 1.29 is 0 Å². The lowest BCUT2D eigenvalue weighted by molar-refractivity contribution is 0.507. The zero-order valence-corrected chi connectivity index (χ0v) is 11.1. The smallest absolute Gasteiger partial charge is 0.140 e. The molecular weight excluding hydrogens is 232 g/mol. The van der Waals surface area contributed by atoms with Gasteiger partial charge in [-0.25, -0.2) is 9.67 Å². The third-order valence-electron chi connectivity index (χ3n) is 2.73. The average Bonchev–Trinajstić information content (AvgIpc) is 2.96. The van der Waals surface area contributed by atoms with E-state index in [1.165, 1.54) is 5.56 Å². The van der Waals surface area contributed by atoms with Crippen LogP contribution in [0.15, 0.2) is 23.2 Å². The summed E-state index contributed by atoms with van der Waals surface area (Å²) in [6.45, 7) is 5.92. The molecule has 5 heteroatoms. The van der Waals surface area contributed by atoms with Crippen molar-refractivity contribution in [3.05, 3.63) is 34.5 Å². The number of aromatic nitrogens is 3. The summed E-state index contributed by atoms with van der Waals surface area (Å²) in [5.74, 6) is 1.00. The molecule has 1 atom stereocenters. The van der Waals surface area contributed by atoms with E-state index >= 15 is 0 Å². The summed E-state index contributed by atoms with van der Waals surface area (Å²) in [6, 6.07) is 2.63. The first-order valence-corrected chi connectivity index (χ1v) is 6.85. The summed E-state index contributed by atoms with van der Waals surface area (Å²) in [6.07, 6.45) is 2.67. The SMILES string of the molecule is CCn1ncnc1CNC(C)Cc1ccsc1. The van der Waals surface area contributed by atoms with Gasteiger partial charge >= 0.3 is 0 Å². The van der Waals surface area contributed by atoms with Crippen LogP contribution >= 0.6 is 11.3 Å². The van der Waals surface area contributed by atoms with Crippen LogP contribution in [-0.4, -0.2) is 20.8 Å². The van der Waals surface area contributed by atoms with E-state index in [4.69, 9.17) is 0 Å². The van der Waals surface area contributed by atoms with E-state index in [1.807, 2.05) is 4.68 Å². The third kappa shape index (κ3) is 3.38. The van der Waals surface area contributed by atoms with Crippen LogP contribution in [0.4, 0.5) is 0 Å². The van der Waals surface area contributed by atoms with Gasteiger partial charge in [-0.05, 0) is 42.7 Å². The van der Waals surface area contributed by atoms with E-state index in [0.717, 1.165) is 25.3 Å². The maximum Gasteiger partial charge on any atom is 0.140 e. The first-order valence-electron chi connectivity index (χ1n) is 5.90. The molecule has 0 amide bonds. The standard InChI is InChI=1S/C12H18N4S/c1-3-16-12(14-9-15-16)7-13-10(2)6-11-4-5-17-8-11/h4-5,8-10,13H,3,6-7H2,1-2H3. The Morgan fingerprint density at radius 2 is 2.41 bits per heavy atom. The van der Waals surface area contributed by atoms with Crippen LogP contribution in [0.5, 0.6) is 0 Å². The molecular formula is C12H18N4S. The fourth-order valence-corrected chi connectivity index (χ4v) is 2.47. The van der Waals surface area contributed by atoms with E-state index in [1.54, 1.807) is 17.7 Å². The van der Waals surface area contributed by atoms with Crippen molar-refractivity contribution in [1.82, 2.24) is 20.1 Å². The lowest BCUT2D eigenvalue weighted by atomic mass is 10.1. The van der Waals surface area contributed by atoms with Crippen LogP contribution in [0.2, 0.25) is 0 Å². The van der Waals surface area contributed by atoms with Crippen LogP contribution in [0, 0.1) is 0 Å². The normalized spacial score (nSPS) is 12.8. The first-order chi connectivity index (χ1) is 8.29. The number of nitrogens with one attached hydrogen (secondary N) is 1. The molecule has 2 heterocycles. The Bertz CT molecular complexity index is 435. The van der Waals surface area contributed by atoms with Crippen LogP contribution in [0.3, 0.4) is 0 Å². The minimum absolute atomic E-state index is 0.451. The van der Waals surface area contributed by atoms with E-state index in [2.05, 4.69) is 46.1 Å². The third-order valence-corrected chi connectivity index (χ3v) is 3.46. The van der Waals surface area contributed by atoms with Crippen molar-refractivity contribution in [3.63, 3.8) is 0 Å². The number of rotatable bonds is 6. The van der Waals surface area contributed by atoms with Gasteiger partial charge in [-0.1, -0.05) is 0 Å². The van der Waals surface area contributed by atoms with Gasteiger partial charge in [0, 0.05) is 12.6 Å². The van der Waals surface area contributed by atoms with Crippen molar-refractivity contribution in [2.45, 2.75) is 39.4 Å². The monoisotopic (exact) mass is 250 g/mol. The van der Waals surface area contributed by atoms with Crippen LogP contribution in [0.1, 0.15) is 25.2 Å². The maximum absolute atomic E-state index is 4.25. The number of aryl methyl sites for hydroxylation is 1. The summed E-state index contributed by atoms with van der Waals surface area (Å²) >= 11 is 1.75. The summed E-state index contributed by atoms with van der Waals surface area (Å²) in [5.41, 5.74) is 1.40. The van der Waals surface area contributed by atoms with Gasteiger partial charge in [0.1, 0.15) is 12.2 Å². The predicted molar refractivity (Wildman–Crippen MR) is 70.0 cm³/mol. The Hall–Kier alpha value is -1.20. The molecule has 0 aliphatic carbocycles. The van der Waals surface area contributed by atoms with E-state index in [0.29, 0.717) is 6.04 Å². The Labute approximate surface area is 106 Å². The highest BCUT2D eigenvalue weighted by Gasteiger charge is 2.06. The lowest BCUT2D eigenvalue weighted by Crippen LogP contribution is -2.28. The largest absolute Gasteiger partial charge is 0.307 e.